The lowest BCUT2D eigenvalue weighted by atomic mass is 10.1. The second kappa shape index (κ2) is 6.11. The first kappa shape index (κ1) is 16.5. The molecule has 1 aliphatic carbocycles. The Balaban J connectivity index is 1.94. The summed E-state index contributed by atoms with van der Waals surface area (Å²) in [5, 5.41) is 9.85. The molecule has 0 amide bonds. The smallest absolute Gasteiger partial charge is 0.336 e. The largest absolute Gasteiger partial charge is 0.423 e. The van der Waals surface area contributed by atoms with Gasteiger partial charge in [-0.25, -0.2) is 9.59 Å². The first-order valence-electron chi connectivity index (χ1n) is 7.96. The van der Waals surface area contributed by atoms with Crippen molar-refractivity contribution in [3.63, 3.8) is 0 Å². The zero-order chi connectivity index (χ0) is 18.4. The van der Waals surface area contributed by atoms with Gasteiger partial charge in [-0.2, -0.15) is 5.26 Å². The van der Waals surface area contributed by atoms with E-state index in [1.165, 1.54) is 16.8 Å². The van der Waals surface area contributed by atoms with Crippen LogP contribution in [-0.4, -0.2) is 9.13 Å². The van der Waals surface area contributed by atoms with Gasteiger partial charge in [-0.15, -0.1) is 0 Å². The van der Waals surface area contributed by atoms with Crippen molar-refractivity contribution in [2.75, 3.05) is 0 Å². The van der Waals surface area contributed by atoms with E-state index in [-0.39, 0.29) is 18.2 Å². The number of halogens is 1. The number of aromatic nitrogens is 2. The maximum absolute atomic E-state index is 12.7. The quantitative estimate of drug-likeness (QED) is 0.612. The minimum atomic E-state index is -0.659. The molecule has 4 rings (SSSR count). The number of nitriles is 1. The van der Waals surface area contributed by atoms with Crippen LogP contribution in [-0.2, 0) is 6.54 Å². The van der Waals surface area contributed by atoms with Crippen molar-refractivity contribution in [3.05, 3.63) is 77.3 Å². The van der Waals surface area contributed by atoms with Crippen LogP contribution in [0.3, 0.4) is 0 Å². The maximum Gasteiger partial charge on any atom is 0.336 e. The van der Waals surface area contributed by atoms with Gasteiger partial charge in [0.05, 0.1) is 6.54 Å². The van der Waals surface area contributed by atoms with Crippen LogP contribution in [0.4, 0.5) is 0 Å². The van der Waals surface area contributed by atoms with Gasteiger partial charge < -0.3 is 4.42 Å². The fourth-order valence-corrected chi connectivity index (χ4v) is 3.30. The molecule has 0 atom stereocenters. The predicted molar refractivity (Wildman–Crippen MR) is 97.2 cm³/mol. The molecule has 0 saturated heterocycles. The summed E-state index contributed by atoms with van der Waals surface area (Å²) in [5.74, 6) is 0. The molecule has 8 heteroatoms. The lowest BCUT2D eigenvalue weighted by Crippen LogP contribution is -2.41. The van der Waals surface area contributed by atoms with Crippen molar-refractivity contribution in [2.45, 2.75) is 25.4 Å². The highest BCUT2D eigenvalue weighted by molar-refractivity contribution is 9.10. The van der Waals surface area contributed by atoms with Crippen molar-refractivity contribution >= 4 is 26.9 Å². The number of benzene rings is 1. The third-order valence-electron chi connectivity index (χ3n) is 4.38. The van der Waals surface area contributed by atoms with Crippen LogP contribution >= 0.6 is 15.9 Å². The Hall–Kier alpha value is -2.92. The molecule has 1 saturated carbocycles. The Morgan fingerprint density at radius 3 is 2.69 bits per heavy atom. The van der Waals surface area contributed by atoms with Crippen molar-refractivity contribution in [2.24, 2.45) is 0 Å². The van der Waals surface area contributed by atoms with Crippen LogP contribution in [0.2, 0.25) is 0 Å². The molecule has 0 N–H and O–H groups in total. The summed E-state index contributed by atoms with van der Waals surface area (Å²) in [7, 11) is 0. The second-order valence-electron chi connectivity index (χ2n) is 6.20. The van der Waals surface area contributed by atoms with Gasteiger partial charge in [0, 0.05) is 28.2 Å². The molecule has 2 aromatic heterocycles. The molecule has 1 aliphatic rings. The van der Waals surface area contributed by atoms with E-state index in [4.69, 9.17) is 4.42 Å². The van der Waals surface area contributed by atoms with Gasteiger partial charge in [-0.05, 0) is 36.6 Å². The summed E-state index contributed by atoms with van der Waals surface area (Å²) in [6, 6.07) is 8.31. The van der Waals surface area contributed by atoms with E-state index in [9.17, 15) is 19.6 Å². The maximum atomic E-state index is 12.7. The Labute approximate surface area is 154 Å². The van der Waals surface area contributed by atoms with Gasteiger partial charge in [0.15, 0.2) is 0 Å². The first-order chi connectivity index (χ1) is 12.5. The topological polar surface area (TPSA) is 98.0 Å². The lowest BCUT2D eigenvalue weighted by Gasteiger charge is -2.11. The fraction of sp³-hybridized carbons (Fsp3) is 0.222. The summed E-state index contributed by atoms with van der Waals surface area (Å²) in [6.07, 6.45) is 3.01. The molecular formula is C18H12BrN3O4. The van der Waals surface area contributed by atoms with Crippen LogP contribution in [0, 0.1) is 11.3 Å². The Morgan fingerprint density at radius 1 is 1.23 bits per heavy atom. The van der Waals surface area contributed by atoms with Gasteiger partial charge in [0.2, 0.25) is 0 Å². The molecule has 0 radical (unpaired) electrons. The van der Waals surface area contributed by atoms with Gasteiger partial charge in [-0.3, -0.25) is 13.9 Å². The van der Waals surface area contributed by atoms with Crippen molar-refractivity contribution in [3.8, 4) is 6.07 Å². The van der Waals surface area contributed by atoms with Gasteiger partial charge in [0.25, 0.3) is 5.56 Å². The molecule has 0 unspecified atom stereocenters. The average molecular weight is 414 g/mol. The highest BCUT2D eigenvalue weighted by Gasteiger charge is 2.27. The van der Waals surface area contributed by atoms with Crippen LogP contribution < -0.4 is 16.9 Å². The molecule has 3 aromatic rings. The average Bonchev–Trinajstić information content (AvgIpc) is 3.43. The lowest BCUT2D eigenvalue weighted by molar-refractivity contribution is 0.552. The number of hydrogen-bond donors (Lipinski definition) is 0. The minimum absolute atomic E-state index is 0.0231. The normalized spacial score (nSPS) is 13.7. The summed E-state index contributed by atoms with van der Waals surface area (Å²) >= 11 is 3.32. The number of fused-ring (bicyclic) bond motifs is 1. The molecule has 130 valence electrons. The molecule has 26 heavy (non-hydrogen) atoms. The van der Waals surface area contributed by atoms with E-state index in [1.54, 1.807) is 18.2 Å². The highest BCUT2D eigenvalue weighted by Crippen LogP contribution is 2.33. The Morgan fingerprint density at radius 2 is 2.00 bits per heavy atom. The van der Waals surface area contributed by atoms with E-state index < -0.39 is 16.9 Å². The van der Waals surface area contributed by atoms with Crippen molar-refractivity contribution in [1.29, 1.82) is 5.26 Å². The summed E-state index contributed by atoms with van der Waals surface area (Å²) in [4.78, 5) is 37.1. The zero-order valence-electron chi connectivity index (χ0n) is 13.4. The zero-order valence-corrected chi connectivity index (χ0v) is 15.0. The third kappa shape index (κ3) is 2.80. The molecule has 2 heterocycles. The molecule has 1 fully saturated rings. The van der Waals surface area contributed by atoms with E-state index in [2.05, 4.69) is 15.9 Å². The molecule has 7 nitrogen and oxygen atoms in total. The molecule has 0 aliphatic heterocycles. The Kier molecular flexibility index (Phi) is 3.89. The fourth-order valence-electron chi connectivity index (χ4n) is 2.96. The van der Waals surface area contributed by atoms with Gasteiger partial charge >= 0.3 is 11.3 Å². The summed E-state index contributed by atoms with van der Waals surface area (Å²) in [5.41, 5.74) is -0.957. The Bertz CT molecular complexity index is 1260. The number of nitrogens with zero attached hydrogens (tertiary/aromatic N) is 3. The van der Waals surface area contributed by atoms with Crippen LogP contribution in [0.1, 0.15) is 30.0 Å². The predicted octanol–water partition coefficient (Wildman–Crippen LogP) is 2.13. The molecule has 1 aromatic carbocycles. The van der Waals surface area contributed by atoms with Crippen molar-refractivity contribution in [1.82, 2.24) is 9.13 Å². The SMILES string of the molecule is N#Cc1cn(C2CC2)c(=O)n(Cc2cc(=O)oc3cc(Br)ccc23)c1=O. The van der Waals surface area contributed by atoms with E-state index in [1.807, 2.05) is 6.07 Å². The summed E-state index contributed by atoms with van der Waals surface area (Å²) < 4.78 is 8.37. The molecule has 0 spiro atoms. The van der Waals surface area contributed by atoms with E-state index >= 15 is 0 Å². The minimum Gasteiger partial charge on any atom is -0.423 e. The van der Waals surface area contributed by atoms with Gasteiger partial charge in [0.1, 0.15) is 17.2 Å². The second-order valence-corrected chi connectivity index (χ2v) is 7.11. The standard InChI is InChI=1S/C18H12BrN3O4/c19-12-1-4-14-10(5-16(23)26-15(14)6-12)8-22-17(24)11(7-20)9-21(18(22)25)13-2-3-13/h1,4-6,9,13H,2-3,8H2. The third-order valence-corrected chi connectivity index (χ3v) is 4.87. The monoisotopic (exact) mass is 413 g/mol. The molecule has 0 bridgehead atoms. The van der Waals surface area contributed by atoms with Crippen molar-refractivity contribution < 1.29 is 4.42 Å². The summed E-state index contributed by atoms with van der Waals surface area (Å²) in [6.45, 7) is -0.108. The number of hydrogen-bond acceptors (Lipinski definition) is 5. The van der Waals surface area contributed by atoms with Crippen LogP contribution in [0.25, 0.3) is 11.0 Å². The number of rotatable bonds is 3. The highest BCUT2D eigenvalue weighted by atomic mass is 79.9. The van der Waals surface area contributed by atoms with E-state index in [0.29, 0.717) is 16.5 Å². The molecular weight excluding hydrogens is 402 g/mol. The first-order valence-corrected chi connectivity index (χ1v) is 8.75. The van der Waals surface area contributed by atoms with Crippen LogP contribution in [0.15, 0.2) is 53.7 Å². The van der Waals surface area contributed by atoms with Gasteiger partial charge in [-0.1, -0.05) is 15.9 Å². The van der Waals surface area contributed by atoms with E-state index in [0.717, 1.165) is 21.9 Å². The van der Waals surface area contributed by atoms with Crippen LogP contribution in [0.5, 0.6) is 0 Å².